The van der Waals surface area contributed by atoms with Crippen LogP contribution in [0.25, 0.3) is 0 Å². The van der Waals surface area contributed by atoms with E-state index >= 15 is 0 Å². The van der Waals surface area contributed by atoms with Crippen LogP contribution in [-0.4, -0.2) is 66.1 Å². The van der Waals surface area contributed by atoms with Crippen LogP contribution in [0.3, 0.4) is 0 Å². The van der Waals surface area contributed by atoms with Gasteiger partial charge in [-0.15, -0.1) is 0 Å². The average Bonchev–Trinajstić information content (AvgIpc) is 2.80. The predicted octanol–water partition coefficient (Wildman–Crippen LogP) is 2.14. The van der Waals surface area contributed by atoms with Crippen molar-refractivity contribution >= 4 is 22.8 Å². The SMILES string of the molecule is CC1C(C(C)(C2=CC(=NO)C(O)C(=NO)C2C)c2ccccc2)=CC(=NO)C(O)C1=NO. The lowest BCUT2D eigenvalue weighted by atomic mass is 9.59. The monoisotopic (exact) mass is 442 g/mol. The van der Waals surface area contributed by atoms with Crippen LogP contribution < -0.4 is 0 Å². The standard InChI is InChI=1S/C22H26N4O6/c1-11-14(9-16(23-29)20(27)18(11)25-31)22(3,13-7-5-4-6-8-13)15-10-17(24-30)21(28)19(26-32)12(15)2/h4-12,20-21,27-32H,1-3H3. The first-order valence-electron chi connectivity index (χ1n) is 9.99. The Hall–Kier alpha value is -3.50. The summed E-state index contributed by atoms with van der Waals surface area (Å²) in [4.78, 5) is 0. The molecule has 170 valence electrons. The summed E-state index contributed by atoms with van der Waals surface area (Å²) in [5, 5.41) is 71.8. The highest BCUT2D eigenvalue weighted by Crippen LogP contribution is 2.48. The van der Waals surface area contributed by atoms with Gasteiger partial charge in [-0.3, -0.25) is 0 Å². The summed E-state index contributed by atoms with van der Waals surface area (Å²) in [7, 11) is 0. The van der Waals surface area contributed by atoms with Crippen molar-refractivity contribution < 1.29 is 31.0 Å². The zero-order chi connectivity index (χ0) is 23.6. The van der Waals surface area contributed by atoms with Crippen LogP contribution in [0.1, 0.15) is 26.3 Å². The van der Waals surface area contributed by atoms with Gasteiger partial charge in [-0.2, -0.15) is 0 Å². The zero-order valence-electron chi connectivity index (χ0n) is 17.8. The van der Waals surface area contributed by atoms with Crippen molar-refractivity contribution in [3.8, 4) is 0 Å². The number of oxime groups is 4. The number of hydrogen-bond acceptors (Lipinski definition) is 10. The largest absolute Gasteiger partial charge is 0.411 e. The lowest BCUT2D eigenvalue weighted by molar-refractivity contribution is 0.258. The van der Waals surface area contributed by atoms with Gasteiger partial charge in [0.2, 0.25) is 0 Å². The summed E-state index contributed by atoms with van der Waals surface area (Å²) in [6, 6.07) is 9.26. The number of allylic oxidation sites excluding steroid dienone is 2. The van der Waals surface area contributed by atoms with Gasteiger partial charge in [0.25, 0.3) is 0 Å². The lowest BCUT2D eigenvalue weighted by Crippen LogP contribution is -2.48. The molecule has 0 fully saturated rings. The van der Waals surface area contributed by atoms with Gasteiger partial charge < -0.3 is 31.0 Å². The van der Waals surface area contributed by atoms with Crippen LogP contribution >= 0.6 is 0 Å². The van der Waals surface area contributed by atoms with Crippen LogP contribution in [0.15, 0.2) is 74.3 Å². The second-order valence-electron chi connectivity index (χ2n) is 8.04. The molecule has 2 aliphatic rings. The summed E-state index contributed by atoms with van der Waals surface area (Å²) in [6.07, 6.45) is 0.266. The van der Waals surface area contributed by atoms with E-state index < -0.39 is 29.5 Å². The number of aliphatic hydroxyl groups excluding tert-OH is 2. The molecule has 0 aliphatic heterocycles. The van der Waals surface area contributed by atoms with Gasteiger partial charge in [0.1, 0.15) is 23.6 Å². The molecule has 0 heterocycles. The minimum atomic E-state index is -1.40. The molecule has 10 heteroatoms. The molecule has 0 aromatic heterocycles. The van der Waals surface area contributed by atoms with E-state index in [0.717, 1.165) is 5.56 Å². The number of hydrogen-bond donors (Lipinski definition) is 6. The first-order valence-corrected chi connectivity index (χ1v) is 9.99. The van der Waals surface area contributed by atoms with Crippen LogP contribution in [-0.2, 0) is 5.41 Å². The van der Waals surface area contributed by atoms with E-state index in [1.54, 1.807) is 13.8 Å². The molecule has 0 spiro atoms. The third-order valence-electron chi connectivity index (χ3n) is 6.52. The highest BCUT2D eigenvalue weighted by atomic mass is 16.4. The molecule has 1 aromatic carbocycles. The number of rotatable bonds is 3. The molecule has 2 aliphatic carbocycles. The van der Waals surface area contributed by atoms with Gasteiger partial charge in [0.15, 0.2) is 0 Å². The normalized spacial score (nSPS) is 33.3. The Morgan fingerprint density at radius 1 is 0.688 bits per heavy atom. The van der Waals surface area contributed by atoms with Gasteiger partial charge in [0.05, 0.1) is 11.4 Å². The van der Waals surface area contributed by atoms with Crippen molar-refractivity contribution in [3.05, 3.63) is 59.2 Å². The minimum Gasteiger partial charge on any atom is -0.411 e. The maximum Gasteiger partial charge on any atom is 0.141 e. The molecule has 0 bridgehead atoms. The predicted molar refractivity (Wildman–Crippen MR) is 117 cm³/mol. The summed E-state index contributed by atoms with van der Waals surface area (Å²) in [5.74, 6) is -1.18. The average molecular weight is 442 g/mol. The fraction of sp³-hybridized carbons (Fsp3) is 0.364. The molecule has 0 saturated carbocycles. The fourth-order valence-electron chi connectivity index (χ4n) is 4.70. The van der Waals surface area contributed by atoms with E-state index in [1.807, 2.05) is 37.3 Å². The van der Waals surface area contributed by atoms with Gasteiger partial charge in [-0.25, -0.2) is 0 Å². The molecule has 0 saturated heterocycles. The van der Waals surface area contributed by atoms with Crippen molar-refractivity contribution in [2.75, 3.05) is 0 Å². The minimum absolute atomic E-state index is 0.00588. The first-order chi connectivity index (χ1) is 15.3. The van der Waals surface area contributed by atoms with Crippen LogP contribution in [0.4, 0.5) is 0 Å². The lowest BCUT2D eigenvalue weighted by Gasteiger charge is -2.44. The van der Waals surface area contributed by atoms with Crippen molar-refractivity contribution in [3.63, 3.8) is 0 Å². The highest BCUT2D eigenvalue weighted by molar-refractivity contribution is 6.20. The van der Waals surface area contributed by atoms with Crippen molar-refractivity contribution in [2.24, 2.45) is 32.5 Å². The van der Waals surface area contributed by atoms with E-state index in [-0.39, 0.29) is 22.8 Å². The second kappa shape index (κ2) is 8.93. The molecule has 0 radical (unpaired) electrons. The Bertz CT molecular complexity index is 995. The van der Waals surface area contributed by atoms with Crippen molar-refractivity contribution in [1.29, 1.82) is 0 Å². The van der Waals surface area contributed by atoms with Crippen molar-refractivity contribution in [2.45, 2.75) is 38.4 Å². The van der Waals surface area contributed by atoms with Crippen LogP contribution in [0.5, 0.6) is 0 Å². The fourth-order valence-corrected chi connectivity index (χ4v) is 4.70. The maximum absolute atomic E-state index is 10.4. The molecule has 4 atom stereocenters. The Morgan fingerprint density at radius 2 is 1.09 bits per heavy atom. The summed E-state index contributed by atoms with van der Waals surface area (Å²) in [6.45, 7) is 5.35. The molecule has 6 N–H and O–H groups in total. The quantitative estimate of drug-likeness (QED) is 0.309. The Balaban J connectivity index is 2.38. The molecular weight excluding hydrogens is 416 g/mol. The van der Waals surface area contributed by atoms with Crippen molar-refractivity contribution in [1.82, 2.24) is 0 Å². The molecular formula is C22H26N4O6. The van der Waals surface area contributed by atoms with Gasteiger partial charge >= 0.3 is 0 Å². The third-order valence-corrected chi connectivity index (χ3v) is 6.52. The zero-order valence-corrected chi connectivity index (χ0v) is 17.8. The molecule has 1 aromatic rings. The number of nitrogens with zero attached hydrogens (tertiary/aromatic N) is 4. The Kier molecular flexibility index (Phi) is 6.47. The topological polar surface area (TPSA) is 171 Å². The summed E-state index contributed by atoms with van der Waals surface area (Å²) >= 11 is 0. The summed E-state index contributed by atoms with van der Waals surface area (Å²) < 4.78 is 0. The van der Waals surface area contributed by atoms with Crippen LogP contribution in [0, 0.1) is 11.8 Å². The Morgan fingerprint density at radius 3 is 1.44 bits per heavy atom. The smallest absolute Gasteiger partial charge is 0.141 e. The van der Waals surface area contributed by atoms with E-state index in [0.29, 0.717) is 11.1 Å². The van der Waals surface area contributed by atoms with Gasteiger partial charge in [0, 0.05) is 17.3 Å². The van der Waals surface area contributed by atoms with E-state index in [4.69, 9.17) is 0 Å². The van der Waals surface area contributed by atoms with E-state index in [1.165, 1.54) is 12.2 Å². The third kappa shape index (κ3) is 3.47. The van der Waals surface area contributed by atoms with Crippen LogP contribution in [0.2, 0.25) is 0 Å². The number of aliphatic hydroxyl groups is 2. The van der Waals surface area contributed by atoms with E-state index in [9.17, 15) is 31.0 Å². The van der Waals surface area contributed by atoms with E-state index in [2.05, 4.69) is 20.6 Å². The maximum atomic E-state index is 10.4. The van der Waals surface area contributed by atoms with Gasteiger partial charge in [-0.1, -0.05) is 64.8 Å². The summed E-state index contributed by atoms with van der Waals surface area (Å²) in [5.41, 5.74) is 0.777. The van der Waals surface area contributed by atoms with Gasteiger partial charge in [-0.05, 0) is 35.8 Å². The Labute approximate surface area is 184 Å². The number of benzene rings is 1. The highest BCUT2D eigenvalue weighted by Gasteiger charge is 2.48. The molecule has 0 amide bonds. The molecule has 32 heavy (non-hydrogen) atoms. The first kappa shape index (κ1) is 23.2. The molecule has 4 unspecified atom stereocenters. The second-order valence-corrected chi connectivity index (χ2v) is 8.04. The molecule has 3 rings (SSSR count). The molecule has 10 nitrogen and oxygen atoms in total.